The molecule has 3 fully saturated rings. The normalized spacial score (nSPS) is 20.2. The second kappa shape index (κ2) is 13.7. The molecule has 0 unspecified atom stereocenters. The van der Waals surface area contributed by atoms with Crippen LogP contribution < -0.4 is 0 Å². The smallest absolute Gasteiger partial charge is 0.227 e. The van der Waals surface area contributed by atoms with Crippen LogP contribution in [0.1, 0.15) is 137 Å². The average molecular weight is 587 g/mol. The third-order valence-corrected chi connectivity index (χ3v) is 8.67. The molecule has 0 radical (unpaired) electrons. The van der Waals surface area contributed by atoms with Crippen LogP contribution in [-0.4, -0.2) is 29.3 Å². The maximum Gasteiger partial charge on any atom is 0.238 e. The summed E-state index contributed by atoms with van der Waals surface area (Å²) in [5.41, 5.74) is 3.72. The van der Waals surface area contributed by atoms with E-state index in [0.717, 1.165) is 0 Å². The second-order valence-electron chi connectivity index (χ2n) is 11.1. The zero-order chi connectivity index (χ0) is 25.5. The van der Waals surface area contributed by atoms with Gasteiger partial charge in [0.15, 0.2) is 0 Å². The standard InChI is InChI=1S/C28H40N6.2ClH.Mn/c1-4-10-22(11-5-1)25-16-19-32(29-25)28(33-20-17-26(30-33)23-12-6-2-7-13-23)34-21-18-27(31-34)24-14-8-3-9-15-24;;;/h16-24,28H,1-15H2;2*1H;/q;;;+2/p-2. The summed E-state index contributed by atoms with van der Waals surface area (Å²) in [6.07, 6.45) is 25.9. The number of rotatable bonds is 6. The Morgan fingerprint density at radius 2 is 0.811 bits per heavy atom. The van der Waals surface area contributed by atoms with Crippen molar-refractivity contribution in [3.05, 3.63) is 53.9 Å². The Morgan fingerprint density at radius 1 is 0.541 bits per heavy atom. The van der Waals surface area contributed by atoms with E-state index in [2.05, 4.69) is 50.8 Å². The molecule has 3 saturated carbocycles. The van der Waals surface area contributed by atoms with E-state index in [4.69, 9.17) is 35.5 Å². The van der Waals surface area contributed by atoms with E-state index in [0.29, 0.717) is 17.8 Å². The molecule has 9 heteroatoms. The van der Waals surface area contributed by atoms with Gasteiger partial charge in [-0.05, 0) is 56.7 Å². The summed E-state index contributed by atoms with van der Waals surface area (Å²) >= 11 is 0.00694. The molecule has 0 spiro atoms. The monoisotopic (exact) mass is 585 g/mol. The van der Waals surface area contributed by atoms with Crippen molar-refractivity contribution in [3.63, 3.8) is 0 Å². The first-order chi connectivity index (χ1) is 18.3. The van der Waals surface area contributed by atoms with Crippen molar-refractivity contribution in [2.75, 3.05) is 0 Å². The molecule has 0 aromatic carbocycles. The van der Waals surface area contributed by atoms with Gasteiger partial charge in [-0.3, -0.25) is 0 Å². The number of aromatic nitrogens is 6. The van der Waals surface area contributed by atoms with Gasteiger partial charge in [-0.2, -0.15) is 15.3 Å². The van der Waals surface area contributed by atoms with Gasteiger partial charge in [-0.15, -0.1) is 0 Å². The van der Waals surface area contributed by atoms with E-state index in [1.54, 1.807) is 0 Å². The van der Waals surface area contributed by atoms with Gasteiger partial charge in [0.2, 0.25) is 6.29 Å². The molecule has 0 N–H and O–H groups in total. The first-order valence-corrected chi connectivity index (χ1v) is 17.5. The Balaban J connectivity index is 0.000000892. The summed E-state index contributed by atoms with van der Waals surface area (Å²) in [4.78, 5) is 0. The molecule has 0 bridgehead atoms. The van der Waals surface area contributed by atoms with Crippen molar-refractivity contribution < 1.29 is 13.1 Å². The number of halogens is 2. The maximum atomic E-state index is 5.13. The Morgan fingerprint density at radius 3 is 1.08 bits per heavy atom. The Hall–Kier alpha value is -1.27. The van der Waals surface area contributed by atoms with Crippen LogP contribution in [0, 0.1) is 0 Å². The molecule has 0 aliphatic heterocycles. The minimum absolute atomic E-state index is 0.00694. The largest absolute Gasteiger partial charge is 0.238 e. The maximum absolute atomic E-state index is 5.13. The van der Waals surface area contributed by atoms with Crippen LogP contribution in [0.4, 0.5) is 0 Å². The molecular formula is C28H40Cl2MnN6. The van der Waals surface area contributed by atoms with Gasteiger partial charge in [0.1, 0.15) is 0 Å². The van der Waals surface area contributed by atoms with Gasteiger partial charge < -0.3 is 0 Å². The SMILES string of the molecule is [Cl][Mn][Cl].c1cn(C(n2ccc(C3CCCCC3)n2)n2ccc(C3CCCCC3)n2)nc1C1CCCCC1. The molecule has 3 aromatic rings. The average Bonchev–Trinajstić information content (AvgIpc) is 3.73. The van der Waals surface area contributed by atoms with Crippen molar-refractivity contribution in [1.82, 2.24) is 29.3 Å². The topological polar surface area (TPSA) is 53.5 Å². The zero-order valence-electron chi connectivity index (χ0n) is 21.7. The first kappa shape index (κ1) is 27.3. The van der Waals surface area contributed by atoms with Crippen LogP contribution in [0.25, 0.3) is 0 Å². The Kier molecular flexibility index (Phi) is 10.1. The molecular weight excluding hydrogens is 546 g/mol. The van der Waals surface area contributed by atoms with Crippen molar-refractivity contribution in [2.45, 2.75) is 120 Å². The van der Waals surface area contributed by atoms with E-state index in [9.17, 15) is 0 Å². The van der Waals surface area contributed by atoms with E-state index in [-0.39, 0.29) is 19.4 Å². The summed E-state index contributed by atoms with van der Waals surface area (Å²) < 4.78 is 6.29. The van der Waals surface area contributed by atoms with Crippen LogP contribution in [0.2, 0.25) is 0 Å². The first-order valence-electron chi connectivity index (χ1n) is 14.3. The van der Waals surface area contributed by atoms with Crippen LogP contribution >= 0.6 is 20.2 Å². The van der Waals surface area contributed by atoms with E-state index in [1.807, 2.05) is 0 Å². The van der Waals surface area contributed by atoms with Gasteiger partial charge in [0, 0.05) is 36.3 Å². The molecule has 203 valence electrons. The van der Waals surface area contributed by atoms with E-state index >= 15 is 0 Å². The zero-order valence-corrected chi connectivity index (χ0v) is 24.4. The molecule has 6 nitrogen and oxygen atoms in total. The fourth-order valence-corrected chi connectivity index (χ4v) is 6.66. The third kappa shape index (κ3) is 6.84. The van der Waals surface area contributed by atoms with E-state index in [1.165, 1.54) is 113 Å². The van der Waals surface area contributed by atoms with Crippen LogP contribution in [0.5, 0.6) is 0 Å². The molecule has 3 aliphatic carbocycles. The number of hydrogen-bond donors (Lipinski definition) is 0. The predicted molar refractivity (Wildman–Crippen MR) is 146 cm³/mol. The predicted octanol–water partition coefficient (Wildman–Crippen LogP) is 8.35. The Labute approximate surface area is 236 Å². The van der Waals surface area contributed by atoms with Gasteiger partial charge in [-0.25, -0.2) is 14.0 Å². The molecule has 0 atom stereocenters. The molecule has 0 saturated heterocycles. The van der Waals surface area contributed by atoms with Crippen molar-refractivity contribution >= 4 is 20.2 Å². The van der Waals surface area contributed by atoms with Crippen molar-refractivity contribution in [1.29, 1.82) is 0 Å². The van der Waals surface area contributed by atoms with Crippen molar-refractivity contribution in [3.8, 4) is 0 Å². The van der Waals surface area contributed by atoms with Crippen molar-refractivity contribution in [2.24, 2.45) is 0 Å². The second-order valence-corrected chi connectivity index (χ2v) is 13.0. The third-order valence-electron chi connectivity index (χ3n) is 8.67. The molecule has 6 rings (SSSR count). The summed E-state index contributed by atoms with van der Waals surface area (Å²) in [6, 6.07) is 6.71. The minimum atomic E-state index is -0.188. The summed E-state index contributed by atoms with van der Waals surface area (Å²) in [5, 5.41) is 15.4. The van der Waals surface area contributed by atoms with Crippen LogP contribution in [0.3, 0.4) is 0 Å². The fourth-order valence-electron chi connectivity index (χ4n) is 6.66. The van der Waals surface area contributed by atoms with Gasteiger partial charge in [-0.1, -0.05) is 57.8 Å². The molecule has 0 amide bonds. The fraction of sp³-hybridized carbons (Fsp3) is 0.679. The van der Waals surface area contributed by atoms with Crippen LogP contribution in [-0.2, 0) is 13.1 Å². The summed E-state index contributed by atoms with van der Waals surface area (Å²) in [6.45, 7) is 0. The summed E-state index contributed by atoms with van der Waals surface area (Å²) in [5.74, 6) is 1.80. The van der Waals surface area contributed by atoms with Crippen LogP contribution in [0.15, 0.2) is 36.8 Å². The number of hydrogen-bond acceptors (Lipinski definition) is 3. The summed E-state index contributed by atoms with van der Waals surface area (Å²) in [7, 11) is 9.59. The molecule has 3 heterocycles. The Bertz CT molecular complexity index is 942. The number of nitrogens with zero attached hydrogens (tertiary/aromatic N) is 6. The van der Waals surface area contributed by atoms with Gasteiger partial charge in [0.05, 0.1) is 17.1 Å². The van der Waals surface area contributed by atoms with E-state index < -0.39 is 0 Å². The minimum Gasteiger partial charge on any atom is -0.227 e. The quantitative estimate of drug-likeness (QED) is 0.273. The molecule has 3 aliphatic rings. The molecule has 3 aromatic heterocycles. The van der Waals surface area contributed by atoms with Gasteiger partial charge >= 0.3 is 33.3 Å². The molecule has 37 heavy (non-hydrogen) atoms. The van der Waals surface area contributed by atoms with Gasteiger partial charge in [0.25, 0.3) is 0 Å².